The Morgan fingerprint density at radius 1 is 1.19 bits per heavy atom. The molecule has 0 aliphatic carbocycles. The third-order valence-corrected chi connectivity index (χ3v) is 3.30. The summed E-state index contributed by atoms with van der Waals surface area (Å²) in [5.74, 6) is -0.505. The predicted octanol–water partition coefficient (Wildman–Crippen LogP) is 4.06. The highest BCUT2D eigenvalue weighted by Crippen LogP contribution is 2.23. The van der Waals surface area contributed by atoms with Crippen LogP contribution < -0.4 is 5.32 Å². The molecule has 0 radical (unpaired) electrons. The van der Waals surface area contributed by atoms with E-state index < -0.39 is 0 Å². The zero-order chi connectivity index (χ0) is 14.8. The molecule has 1 amide bonds. The van der Waals surface area contributed by atoms with Crippen molar-refractivity contribution >= 4 is 22.6 Å². The number of benzene rings is 2. The quantitative estimate of drug-likeness (QED) is 0.787. The summed E-state index contributed by atoms with van der Waals surface area (Å²) in [5, 5.41) is 3.45. The van der Waals surface area contributed by atoms with Crippen molar-refractivity contribution in [1.82, 2.24) is 0 Å². The Morgan fingerprint density at radius 2 is 1.95 bits per heavy atom. The molecule has 0 aliphatic heterocycles. The summed E-state index contributed by atoms with van der Waals surface area (Å²) in [6, 6.07) is 11.8. The molecule has 0 atom stereocenters. The number of furan rings is 1. The Kier molecular flexibility index (Phi) is 3.44. The minimum absolute atomic E-state index is 0.143. The Labute approximate surface area is 121 Å². The fraction of sp³-hybridized carbons (Fsp3) is 0.118. The van der Waals surface area contributed by atoms with E-state index in [1.54, 1.807) is 6.07 Å². The van der Waals surface area contributed by atoms with E-state index in [0.29, 0.717) is 16.5 Å². The lowest BCUT2D eigenvalue weighted by Crippen LogP contribution is -2.14. The number of aryl methyl sites for hydroxylation is 1. The van der Waals surface area contributed by atoms with Crippen molar-refractivity contribution in [2.75, 3.05) is 5.32 Å². The highest BCUT2D eigenvalue weighted by molar-refractivity contribution is 5.95. The molecule has 0 saturated carbocycles. The van der Waals surface area contributed by atoms with Crippen molar-refractivity contribution in [2.24, 2.45) is 0 Å². The van der Waals surface area contributed by atoms with E-state index in [-0.39, 0.29) is 18.1 Å². The molecule has 4 heteroatoms. The smallest absolute Gasteiger partial charge is 0.228 e. The third-order valence-electron chi connectivity index (χ3n) is 3.30. The Balaban J connectivity index is 1.77. The van der Waals surface area contributed by atoms with Crippen molar-refractivity contribution in [1.29, 1.82) is 0 Å². The summed E-state index contributed by atoms with van der Waals surface area (Å²) in [6.45, 7) is 1.98. The standard InChI is InChI=1S/C17H14FNO2/c1-11-2-5-14(6-3-11)19-17(20)8-12-10-21-16-7-4-13(18)9-15(12)16/h2-7,9-10H,8H2,1H3,(H,19,20). The average molecular weight is 283 g/mol. The second-order valence-electron chi connectivity index (χ2n) is 4.99. The lowest BCUT2D eigenvalue weighted by atomic mass is 10.1. The minimum atomic E-state index is -0.343. The molecule has 3 rings (SSSR count). The molecule has 1 N–H and O–H groups in total. The summed E-state index contributed by atoms with van der Waals surface area (Å²) >= 11 is 0. The van der Waals surface area contributed by atoms with Gasteiger partial charge in [0.05, 0.1) is 12.7 Å². The number of rotatable bonds is 3. The number of fused-ring (bicyclic) bond motifs is 1. The molecule has 21 heavy (non-hydrogen) atoms. The van der Waals surface area contributed by atoms with Gasteiger partial charge < -0.3 is 9.73 Å². The summed E-state index contributed by atoms with van der Waals surface area (Å²) < 4.78 is 18.6. The Hall–Kier alpha value is -2.62. The zero-order valence-electron chi connectivity index (χ0n) is 11.5. The summed E-state index contributed by atoms with van der Waals surface area (Å²) in [5.41, 5.74) is 3.12. The van der Waals surface area contributed by atoms with Gasteiger partial charge in [-0.25, -0.2) is 4.39 Å². The first-order valence-corrected chi connectivity index (χ1v) is 6.64. The Bertz CT molecular complexity index is 790. The van der Waals surface area contributed by atoms with Gasteiger partial charge in [0.1, 0.15) is 11.4 Å². The van der Waals surface area contributed by atoms with Crippen LogP contribution in [0.1, 0.15) is 11.1 Å². The fourth-order valence-corrected chi connectivity index (χ4v) is 2.21. The molecule has 0 aliphatic rings. The molecule has 0 unspecified atom stereocenters. The summed E-state index contributed by atoms with van der Waals surface area (Å²) in [7, 11) is 0. The van der Waals surface area contributed by atoms with Gasteiger partial charge in [-0.15, -0.1) is 0 Å². The van der Waals surface area contributed by atoms with Crippen LogP contribution in [-0.4, -0.2) is 5.91 Å². The number of carbonyl (C=O) groups excluding carboxylic acids is 1. The first-order chi connectivity index (χ1) is 10.1. The molecular weight excluding hydrogens is 269 g/mol. The van der Waals surface area contributed by atoms with Crippen molar-refractivity contribution < 1.29 is 13.6 Å². The number of anilines is 1. The highest BCUT2D eigenvalue weighted by Gasteiger charge is 2.11. The number of carbonyl (C=O) groups is 1. The van der Waals surface area contributed by atoms with E-state index in [0.717, 1.165) is 11.3 Å². The van der Waals surface area contributed by atoms with E-state index in [2.05, 4.69) is 5.32 Å². The number of nitrogens with one attached hydrogen (secondary N) is 1. The van der Waals surface area contributed by atoms with Crippen LogP contribution in [0.25, 0.3) is 11.0 Å². The van der Waals surface area contributed by atoms with Crippen molar-refractivity contribution in [3.63, 3.8) is 0 Å². The summed E-state index contributed by atoms with van der Waals surface area (Å²) in [4.78, 5) is 12.0. The van der Waals surface area contributed by atoms with Gasteiger partial charge in [0, 0.05) is 16.6 Å². The van der Waals surface area contributed by atoms with E-state index >= 15 is 0 Å². The largest absolute Gasteiger partial charge is 0.464 e. The molecule has 0 bridgehead atoms. The van der Waals surface area contributed by atoms with E-state index in [9.17, 15) is 9.18 Å². The number of halogens is 1. The van der Waals surface area contributed by atoms with E-state index in [1.165, 1.54) is 18.4 Å². The van der Waals surface area contributed by atoms with Crippen LogP contribution in [0.2, 0.25) is 0 Å². The molecular formula is C17H14FNO2. The average Bonchev–Trinajstić information content (AvgIpc) is 2.84. The van der Waals surface area contributed by atoms with Crippen LogP contribution in [0.5, 0.6) is 0 Å². The predicted molar refractivity (Wildman–Crippen MR) is 79.7 cm³/mol. The lowest BCUT2D eigenvalue weighted by molar-refractivity contribution is -0.115. The number of hydrogen-bond acceptors (Lipinski definition) is 2. The van der Waals surface area contributed by atoms with Gasteiger partial charge in [-0.1, -0.05) is 17.7 Å². The van der Waals surface area contributed by atoms with Crippen LogP contribution >= 0.6 is 0 Å². The molecule has 2 aromatic carbocycles. The fourth-order valence-electron chi connectivity index (χ4n) is 2.21. The SMILES string of the molecule is Cc1ccc(NC(=O)Cc2coc3ccc(F)cc23)cc1. The molecule has 0 saturated heterocycles. The second kappa shape index (κ2) is 5.40. The van der Waals surface area contributed by atoms with Crippen molar-refractivity contribution in [3.05, 3.63) is 65.7 Å². The molecule has 3 nitrogen and oxygen atoms in total. The zero-order valence-corrected chi connectivity index (χ0v) is 11.5. The van der Waals surface area contributed by atoms with Crippen LogP contribution in [0.3, 0.4) is 0 Å². The minimum Gasteiger partial charge on any atom is -0.464 e. The number of hydrogen-bond donors (Lipinski definition) is 1. The van der Waals surface area contributed by atoms with E-state index in [1.807, 2.05) is 31.2 Å². The van der Waals surface area contributed by atoms with E-state index in [4.69, 9.17) is 4.42 Å². The highest BCUT2D eigenvalue weighted by atomic mass is 19.1. The van der Waals surface area contributed by atoms with Gasteiger partial charge in [0.2, 0.25) is 5.91 Å². The third kappa shape index (κ3) is 2.94. The topological polar surface area (TPSA) is 42.2 Å². The van der Waals surface area contributed by atoms with Gasteiger partial charge in [0.25, 0.3) is 0 Å². The van der Waals surface area contributed by atoms with Gasteiger partial charge in [-0.2, -0.15) is 0 Å². The lowest BCUT2D eigenvalue weighted by Gasteiger charge is -2.04. The maximum Gasteiger partial charge on any atom is 0.228 e. The Morgan fingerprint density at radius 3 is 2.71 bits per heavy atom. The summed E-state index contributed by atoms with van der Waals surface area (Å²) in [6.07, 6.45) is 1.64. The molecule has 1 aromatic heterocycles. The maximum absolute atomic E-state index is 13.3. The maximum atomic E-state index is 13.3. The van der Waals surface area contributed by atoms with Gasteiger partial charge >= 0.3 is 0 Å². The van der Waals surface area contributed by atoms with Gasteiger partial charge in [-0.3, -0.25) is 4.79 Å². The van der Waals surface area contributed by atoms with Gasteiger partial charge in [-0.05, 0) is 37.3 Å². The van der Waals surface area contributed by atoms with Crippen LogP contribution in [0.4, 0.5) is 10.1 Å². The molecule has 3 aromatic rings. The van der Waals surface area contributed by atoms with Crippen molar-refractivity contribution in [3.8, 4) is 0 Å². The molecule has 0 spiro atoms. The number of amides is 1. The molecule has 106 valence electrons. The molecule has 0 fully saturated rings. The molecule has 1 heterocycles. The van der Waals surface area contributed by atoms with Crippen LogP contribution in [0, 0.1) is 12.7 Å². The normalized spacial score (nSPS) is 10.8. The van der Waals surface area contributed by atoms with Gasteiger partial charge in [0.15, 0.2) is 0 Å². The monoisotopic (exact) mass is 283 g/mol. The van der Waals surface area contributed by atoms with Crippen LogP contribution in [-0.2, 0) is 11.2 Å². The second-order valence-corrected chi connectivity index (χ2v) is 4.99. The van der Waals surface area contributed by atoms with Crippen molar-refractivity contribution in [2.45, 2.75) is 13.3 Å². The van der Waals surface area contributed by atoms with Crippen LogP contribution in [0.15, 0.2) is 53.1 Å². The first-order valence-electron chi connectivity index (χ1n) is 6.64. The first kappa shape index (κ1) is 13.4.